The highest BCUT2D eigenvalue weighted by molar-refractivity contribution is 5.78. The molecule has 4 aromatic rings. The van der Waals surface area contributed by atoms with Crippen molar-refractivity contribution in [1.29, 1.82) is 0 Å². The third kappa shape index (κ3) is 2.52. The molecule has 0 unspecified atom stereocenters. The van der Waals surface area contributed by atoms with Crippen LogP contribution in [0.15, 0.2) is 55.0 Å². The summed E-state index contributed by atoms with van der Waals surface area (Å²) >= 11 is 0. The van der Waals surface area contributed by atoms with E-state index in [1.54, 1.807) is 6.20 Å². The van der Waals surface area contributed by atoms with Gasteiger partial charge in [-0.2, -0.15) is 5.10 Å². The first-order chi connectivity index (χ1) is 11.9. The van der Waals surface area contributed by atoms with Gasteiger partial charge in [0.15, 0.2) is 0 Å². The van der Waals surface area contributed by atoms with Crippen molar-refractivity contribution in [2.24, 2.45) is 0 Å². The molecule has 3 heterocycles. The second-order valence-corrected chi connectivity index (χ2v) is 5.53. The summed E-state index contributed by atoms with van der Waals surface area (Å²) in [6.07, 6.45) is 5.44. The van der Waals surface area contributed by atoms with Gasteiger partial charge in [0.25, 0.3) is 0 Å². The fraction of sp³-hybridized carbons (Fsp3) is 0.167. The predicted octanol–water partition coefficient (Wildman–Crippen LogP) is 3.45. The van der Waals surface area contributed by atoms with Gasteiger partial charge in [0.05, 0.1) is 22.9 Å². The quantitative estimate of drug-likeness (QED) is 0.591. The van der Waals surface area contributed by atoms with Gasteiger partial charge in [0.2, 0.25) is 5.95 Å². The Bertz CT molecular complexity index is 954. The molecule has 6 nitrogen and oxygen atoms in total. The molecular weight excluding hydrogens is 300 g/mol. The number of aryl methyl sites for hydroxylation is 1. The topological polar surface area (TPSA) is 71.4 Å². The number of rotatable bonds is 5. The van der Waals surface area contributed by atoms with E-state index in [2.05, 4.69) is 38.1 Å². The monoisotopic (exact) mass is 318 g/mol. The number of fused-ring (bicyclic) bond motifs is 1. The van der Waals surface area contributed by atoms with Crippen LogP contribution in [0.1, 0.15) is 12.5 Å². The lowest BCUT2D eigenvalue weighted by Crippen LogP contribution is -2.07. The second-order valence-electron chi connectivity index (χ2n) is 5.53. The maximum absolute atomic E-state index is 4.69. The summed E-state index contributed by atoms with van der Waals surface area (Å²) in [7, 11) is 0. The van der Waals surface area contributed by atoms with Crippen molar-refractivity contribution in [2.75, 3.05) is 5.32 Å². The van der Waals surface area contributed by atoms with Gasteiger partial charge in [-0.05, 0) is 31.2 Å². The SMILES string of the molecule is CCn1c(NCc2cn[nH]c2-c2cccnc2)nc2ccccc21. The average molecular weight is 318 g/mol. The van der Waals surface area contributed by atoms with Crippen LogP contribution in [0.2, 0.25) is 0 Å². The lowest BCUT2D eigenvalue weighted by molar-refractivity contribution is 0.787. The fourth-order valence-corrected chi connectivity index (χ4v) is 2.91. The third-order valence-corrected chi connectivity index (χ3v) is 4.08. The van der Waals surface area contributed by atoms with E-state index in [9.17, 15) is 0 Å². The number of H-pyrrole nitrogens is 1. The summed E-state index contributed by atoms with van der Waals surface area (Å²) in [5, 5.41) is 10.7. The lowest BCUT2D eigenvalue weighted by Gasteiger charge is -2.09. The Labute approximate surface area is 139 Å². The van der Waals surface area contributed by atoms with Gasteiger partial charge < -0.3 is 9.88 Å². The van der Waals surface area contributed by atoms with E-state index in [4.69, 9.17) is 4.98 Å². The number of imidazole rings is 1. The summed E-state index contributed by atoms with van der Waals surface area (Å²) in [5.41, 5.74) is 5.23. The molecule has 0 bridgehead atoms. The molecule has 3 aromatic heterocycles. The Hall–Kier alpha value is -3.15. The number of hydrogen-bond donors (Lipinski definition) is 2. The van der Waals surface area contributed by atoms with Gasteiger partial charge in [0.1, 0.15) is 0 Å². The molecular formula is C18H18N6. The summed E-state index contributed by atoms with van der Waals surface area (Å²) in [6.45, 7) is 3.63. The van der Waals surface area contributed by atoms with Crippen LogP contribution in [-0.4, -0.2) is 24.7 Å². The second kappa shape index (κ2) is 6.16. The van der Waals surface area contributed by atoms with Gasteiger partial charge in [0, 0.05) is 36.6 Å². The van der Waals surface area contributed by atoms with Crippen molar-refractivity contribution in [3.8, 4) is 11.3 Å². The molecule has 2 N–H and O–H groups in total. The molecule has 0 aliphatic carbocycles. The summed E-state index contributed by atoms with van der Waals surface area (Å²) < 4.78 is 2.18. The highest BCUT2D eigenvalue weighted by Crippen LogP contribution is 2.23. The zero-order valence-electron chi connectivity index (χ0n) is 13.4. The standard InChI is InChI=1S/C18H18N6/c1-2-24-16-8-4-3-7-15(16)22-18(24)20-11-14-12-21-23-17(14)13-6-5-9-19-10-13/h3-10,12H,2,11H2,1H3,(H,20,22)(H,21,23). The molecule has 0 amide bonds. The molecule has 4 rings (SSSR count). The van der Waals surface area contributed by atoms with Crippen molar-refractivity contribution in [3.05, 3.63) is 60.6 Å². The van der Waals surface area contributed by atoms with Crippen LogP contribution in [0.25, 0.3) is 22.3 Å². The van der Waals surface area contributed by atoms with Crippen LogP contribution in [-0.2, 0) is 13.1 Å². The molecule has 0 radical (unpaired) electrons. The molecule has 6 heteroatoms. The minimum absolute atomic E-state index is 0.643. The number of hydrogen-bond acceptors (Lipinski definition) is 4. The van der Waals surface area contributed by atoms with Crippen LogP contribution in [0.4, 0.5) is 5.95 Å². The fourth-order valence-electron chi connectivity index (χ4n) is 2.91. The number of nitrogens with one attached hydrogen (secondary N) is 2. The molecule has 0 saturated heterocycles. The highest BCUT2D eigenvalue weighted by Gasteiger charge is 2.11. The Morgan fingerprint density at radius 3 is 2.88 bits per heavy atom. The number of anilines is 1. The van der Waals surface area contributed by atoms with Gasteiger partial charge in [-0.25, -0.2) is 4.98 Å². The third-order valence-electron chi connectivity index (χ3n) is 4.08. The molecule has 120 valence electrons. The molecule has 0 saturated carbocycles. The number of pyridine rings is 1. The Balaban J connectivity index is 1.62. The number of para-hydroxylation sites is 2. The first-order valence-electron chi connectivity index (χ1n) is 7.98. The Kier molecular flexibility index (Phi) is 3.70. The van der Waals surface area contributed by atoms with Crippen LogP contribution < -0.4 is 5.32 Å². The molecule has 0 aliphatic heterocycles. The Morgan fingerprint density at radius 1 is 1.12 bits per heavy atom. The highest BCUT2D eigenvalue weighted by atomic mass is 15.2. The minimum Gasteiger partial charge on any atom is -0.351 e. The molecule has 1 aromatic carbocycles. The predicted molar refractivity (Wildman–Crippen MR) is 94.6 cm³/mol. The summed E-state index contributed by atoms with van der Waals surface area (Å²) in [5.74, 6) is 0.872. The van der Waals surface area contributed by atoms with E-state index in [1.807, 2.05) is 42.7 Å². The van der Waals surface area contributed by atoms with Gasteiger partial charge in [-0.15, -0.1) is 0 Å². The maximum Gasteiger partial charge on any atom is 0.204 e. The smallest absolute Gasteiger partial charge is 0.204 e. The van der Waals surface area contributed by atoms with Crippen molar-refractivity contribution >= 4 is 17.0 Å². The van der Waals surface area contributed by atoms with Crippen molar-refractivity contribution in [2.45, 2.75) is 20.0 Å². The summed E-state index contributed by atoms with van der Waals surface area (Å²) in [6, 6.07) is 12.1. The van der Waals surface area contributed by atoms with E-state index in [-0.39, 0.29) is 0 Å². The molecule has 0 atom stereocenters. The Morgan fingerprint density at radius 2 is 2.04 bits per heavy atom. The van der Waals surface area contributed by atoms with Gasteiger partial charge in [-0.3, -0.25) is 10.1 Å². The summed E-state index contributed by atoms with van der Waals surface area (Å²) in [4.78, 5) is 8.87. The number of aromatic amines is 1. The largest absolute Gasteiger partial charge is 0.351 e. The lowest BCUT2D eigenvalue weighted by atomic mass is 10.1. The van der Waals surface area contributed by atoms with Gasteiger partial charge in [-0.1, -0.05) is 12.1 Å². The number of benzene rings is 1. The number of aromatic nitrogens is 5. The van der Waals surface area contributed by atoms with Crippen molar-refractivity contribution < 1.29 is 0 Å². The zero-order valence-corrected chi connectivity index (χ0v) is 13.4. The molecule has 0 fully saturated rings. The van der Waals surface area contributed by atoms with Crippen LogP contribution in [0.3, 0.4) is 0 Å². The van der Waals surface area contributed by atoms with Gasteiger partial charge >= 0.3 is 0 Å². The van der Waals surface area contributed by atoms with Crippen molar-refractivity contribution in [1.82, 2.24) is 24.7 Å². The average Bonchev–Trinajstić information content (AvgIpc) is 3.24. The van der Waals surface area contributed by atoms with E-state index >= 15 is 0 Å². The van der Waals surface area contributed by atoms with Crippen LogP contribution >= 0.6 is 0 Å². The minimum atomic E-state index is 0.643. The number of nitrogens with zero attached hydrogens (tertiary/aromatic N) is 4. The molecule has 24 heavy (non-hydrogen) atoms. The van der Waals surface area contributed by atoms with E-state index in [0.29, 0.717) is 6.54 Å². The first-order valence-corrected chi connectivity index (χ1v) is 7.98. The molecule has 0 spiro atoms. The van der Waals surface area contributed by atoms with E-state index in [1.165, 1.54) is 0 Å². The zero-order chi connectivity index (χ0) is 16.4. The first kappa shape index (κ1) is 14.4. The van der Waals surface area contributed by atoms with E-state index in [0.717, 1.165) is 40.3 Å². The normalized spacial score (nSPS) is 11.0. The maximum atomic E-state index is 4.69. The van der Waals surface area contributed by atoms with Crippen LogP contribution in [0, 0.1) is 0 Å². The van der Waals surface area contributed by atoms with Crippen molar-refractivity contribution in [3.63, 3.8) is 0 Å². The van der Waals surface area contributed by atoms with E-state index < -0.39 is 0 Å². The van der Waals surface area contributed by atoms with Crippen LogP contribution in [0.5, 0.6) is 0 Å². The molecule has 0 aliphatic rings.